The molecule has 1 heterocycles. The number of aryl methyl sites for hydroxylation is 4. The van der Waals surface area contributed by atoms with Crippen molar-refractivity contribution in [1.29, 1.82) is 0 Å². The van der Waals surface area contributed by atoms with Crippen molar-refractivity contribution >= 4 is 10.8 Å². The third-order valence-electron chi connectivity index (χ3n) is 3.18. The van der Waals surface area contributed by atoms with Gasteiger partial charge in [0.15, 0.2) is 0 Å². The van der Waals surface area contributed by atoms with Gasteiger partial charge in [-0.3, -0.25) is 4.21 Å². The second-order valence-corrected chi connectivity index (χ2v) is 6.36. The molecule has 102 valence electrons. The first kappa shape index (κ1) is 14.0. The van der Waals surface area contributed by atoms with Crippen molar-refractivity contribution in [2.75, 3.05) is 0 Å². The lowest BCUT2D eigenvalue weighted by Crippen LogP contribution is -2.01. The predicted octanol–water partition coefficient (Wildman–Crippen LogP) is 3.36. The monoisotopic (exact) mass is 277 g/mol. The molecule has 0 N–H and O–H groups in total. The van der Waals surface area contributed by atoms with Crippen molar-refractivity contribution in [3.63, 3.8) is 0 Å². The Balaban J connectivity index is 2.07. The fourth-order valence-corrected chi connectivity index (χ4v) is 3.08. The minimum Gasteiger partial charge on any atom is -0.445 e. The number of hydrogen-bond donors (Lipinski definition) is 0. The maximum absolute atomic E-state index is 12.2. The summed E-state index contributed by atoms with van der Waals surface area (Å²) in [6.45, 7) is 7.87. The molecule has 0 amide bonds. The van der Waals surface area contributed by atoms with Crippen LogP contribution in [0.2, 0.25) is 0 Å². The Morgan fingerprint density at radius 2 is 1.89 bits per heavy atom. The van der Waals surface area contributed by atoms with E-state index < -0.39 is 10.8 Å². The Labute approximate surface area is 116 Å². The van der Waals surface area contributed by atoms with Gasteiger partial charge in [0, 0.05) is 16.6 Å². The van der Waals surface area contributed by atoms with E-state index in [-0.39, 0.29) is 0 Å². The van der Waals surface area contributed by atoms with Crippen molar-refractivity contribution in [2.45, 2.75) is 39.2 Å². The van der Waals surface area contributed by atoms with Crippen molar-refractivity contribution in [1.82, 2.24) is 4.98 Å². The van der Waals surface area contributed by atoms with Gasteiger partial charge in [-0.15, -0.1) is 0 Å². The molecule has 0 aliphatic heterocycles. The second-order valence-electron chi connectivity index (χ2n) is 4.91. The Hall–Kier alpha value is -1.42. The van der Waals surface area contributed by atoms with Crippen LogP contribution in [-0.4, -0.2) is 9.19 Å². The maximum Gasteiger partial charge on any atom is 0.207 e. The number of aromatic nitrogens is 1. The molecule has 1 atom stereocenters. The van der Waals surface area contributed by atoms with Crippen molar-refractivity contribution in [2.24, 2.45) is 0 Å². The molecule has 2 rings (SSSR count). The van der Waals surface area contributed by atoms with Crippen LogP contribution < -0.4 is 0 Å². The van der Waals surface area contributed by atoms with E-state index in [0.29, 0.717) is 17.4 Å². The van der Waals surface area contributed by atoms with Gasteiger partial charge in [-0.2, -0.15) is 0 Å². The predicted molar refractivity (Wildman–Crippen MR) is 77.4 cm³/mol. The highest BCUT2D eigenvalue weighted by molar-refractivity contribution is 7.83. The molecular formula is C15H19NO2S. The first-order chi connectivity index (χ1) is 8.95. The molecule has 0 radical (unpaired) electrons. The summed E-state index contributed by atoms with van der Waals surface area (Å²) >= 11 is 0. The van der Waals surface area contributed by atoms with Gasteiger partial charge in [-0.1, -0.05) is 23.8 Å². The molecule has 3 nitrogen and oxygen atoms in total. The first-order valence-corrected chi connectivity index (χ1v) is 7.78. The highest BCUT2D eigenvalue weighted by atomic mass is 32.2. The maximum atomic E-state index is 12.2. The number of rotatable bonds is 4. The molecule has 0 saturated carbocycles. The van der Waals surface area contributed by atoms with Crippen LogP contribution in [0.15, 0.2) is 22.6 Å². The van der Waals surface area contributed by atoms with Crippen molar-refractivity contribution in [3.05, 3.63) is 52.2 Å². The van der Waals surface area contributed by atoms with E-state index >= 15 is 0 Å². The van der Waals surface area contributed by atoms with Crippen LogP contribution >= 0.6 is 0 Å². The molecule has 0 spiro atoms. The highest BCUT2D eigenvalue weighted by Crippen LogP contribution is 2.16. The lowest BCUT2D eigenvalue weighted by molar-refractivity contribution is 0.487. The Morgan fingerprint density at radius 3 is 2.53 bits per heavy atom. The Kier molecular flexibility index (Phi) is 4.20. The van der Waals surface area contributed by atoms with Crippen LogP contribution in [0.4, 0.5) is 0 Å². The molecule has 0 aliphatic carbocycles. The molecule has 0 aliphatic rings. The summed E-state index contributed by atoms with van der Waals surface area (Å²) in [5.41, 5.74) is 4.39. The zero-order valence-electron chi connectivity index (χ0n) is 11.8. The SMILES string of the molecule is Cc1ccc(C)c(C[S@@](=O)Cc2nc(C)c(C)o2)c1. The normalized spacial score (nSPS) is 12.6. The summed E-state index contributed by atoms with van der Waals surface area (Å²) in [5, 5.41) is 0. The molecular weight excluding hydrogens is 258 g/mol. The molecule has 0 fully saturated rings. The van der Waals surface area contributed by atoms with Crippen molar-refractivity contribution in [3.8, 4) is 0 Å². The quantitative estimate of drug-likeness (QED) is 0.860. The van der Waals surface area contributed by atoms with Crippen LogP contribution in [-0.2, 0) is 22.3 Å². The first-order valence-electron chi connectivity index (χ1n) is 6.29. The third kappa shape index (κ3) is 3.53. The van der Waals surface area contributed by atoms with E-state index in [2.05, 4.69) is 23.2 Å². The topological polar surface area (TPSA) is 43.1 Å². The summed E-state index contributed by atoms with van der Waals surface area (Å²) in [6.07, 6.45) is 0. The van der Waals surface area contributed by atoms with Crippen LogP contribution in [0.3, 0.4) is 0 Å². The summed E-state index contributed by atoms with van der Waals surface area (Å²) in [6, 6.07) is 6.24. The minimum absolute atomic E-state index is 0.377. The lowest BCUT2D eigenvalue weighted by Gasteiger charge is -2.06. The molecule has 0 bridgehead atoms. The van der Waals surface area contributed by atoms with Gasteiger partial charge in [0.05, 0.1) is 5.69 Å². The zero-order valence-corrected chi connectivity index (χ0v) is 12.6. The van der Waals surface area contributed by atoms with Gasteiger partial charge in [-0.05, 0) is 38.8 Å². The summed E-state index contributed by atoms with van der Waals surface area (Å²) < 4.78 is 17.6. The van der Waals surface area contributed by atoms with E-state index in [4.69, 9.17) is 4.42 Å². The Morgan fingerprint density at radius 1 is 1.16 bits per heavy atom. The zero-order chi connectivity index (χ0) is 14.0. The van der Waals surface area contributed by atoms with Crippen LogP contribution in [0.5, 0.6) is 0 Å². The summed E-state index contributed by atoms with van der Waals surface area (Å²) in [5.74, 6) is 2.30. The van der Waals surface area contributed by atoms with E-state index in [0.717, 1.165) is 17.0 Å². The van der Waals surface area contributed by atoms with E-state index in [1.807, 2.05) is 27.7 Å². The fraction of sp³-hybridized carbons (Fsp3) is 0.400. The molecule has 0 saturated heterocycles. The number of nitrogens with zero attached hydrogens (tertiary/aromatic N) is 1. The van der Waals surface area contributed by atoms with E-state index in [1.54, 1.807) is 0 Å². The average molecular weight is 277 g/mol. The largest absolute Gasteiger partial charge is 0.445 e. The number of hydrogen-bond acceptors (Lipinski definition) is 3. The summed E-state index contributed by atoms with van der Waals surface area (Å²) in [7, 11) is -0.992. The number of benzene rings is 1. The highest BCUT2D eigenvalue weighted by Gasteiger charge is 2.11. The Bertz CT molecular complexity index is 597. The smallest absolute Gasteiger partial charge is 0.207 e. The second kappa shape index (κ2) is 5.70. The number of oxazole rings is 1. The molecule has 2 aromatic rings. The minimum atomic E-state index is -0.992. The van der Waals surface area contributed by atoms with Gasteiger partial charge < -0.3 is 4.42 Å². The van der Waals surface area contributed by atoms with Gasteiger partial charge in [0.25, 0.3) is 0 Å². The molecule has 1 aromatic heterocycles. The van der Waals surface area contributed by atoms with Gasteiger partial charge in [0.1, 0.15) is 11.5 Å². The van der Waals surface area contributed by atoms with Gasteiger partial charge in [-0.25, -0.2) is 4.98 Å². The van der Waals surface area contributed by atoms with E-state index in [1.165, 1.54) is 11.1 Å². The standard InChI is InChI=1S/C15H19NO2S/c1-10-5-6-11(2)14(7-10)8-19(17)9-15-16-12(3)13(4)18-15/h5-7H,8-9H2,1-4H3/t19-/m1/s1. The molecule has 0 unspecified atom stereocenters. The van der Waals surface area contributed by atoms with Gasteiger partial charge >= 0.3 is 0 Å². The molecule has 1 aromatic carbocycles. The van der Waals surface area contributed by atoms with E-state index in [9.17, 15) is 4.21 Å². The average Bonchev–Trinajstić information content (AvgIpc) is 2.63. The van der Waals surface area contributed by atoms with Crippen LogP contribution in [0.1, 0.15) is 34.0 Å². The fourth-order valence-electron chi connectivity index (χ4n) is 1.92. The molecule has 19 heavy (non-hydrogen) atoms. The summed E-state index contributed by atoms with van der Waals surface area (Å²) in [4.78, 5) is 4.27. The van der Waals surface area contributed by atoms with Crippen LogP contribution in [0, 0.1) is 27.7 Å². The third-order valence-corrected chi connectivity index (χ3v) is 4.38. The lowest BCUT2D eigenvalue weighted by atomic mass is 10.1. The van der Waals surface area contributed by atoms with Crippen LogP contribution in [0.25, 0.3) is 0 Å². The van der Waals surface area contributed by atoms with Crippen molar-refractivity contribution < 1.29 is 8.63 Å². The van der Waals surface area contributed by atoms with Gasteiger partial charge in [0.2, 0.25) is 5.89 Å². The molecule has 4 heteroatoms.